The minimum Gasteiger partial charge on any atom is -0.550 e. The maximum absolute atomic E-state index is 11.2. The molecule has 19 heavy (non-hydrogen) atoms. The summed E-state index contributed by atoms with van der Waals surface area (Å²) in [5.74, 6) is -0.153. The quantitative estimate of drug-likeness (QED) is 0.654. The Bertz CT molecular complexity index is 416. The Hall–Kier alpha value is -2.24. The van der Waals surface area contributed by atoms with Crippen molar-refractivity contribution in [3.8, 4) is 11.5 Å². The molecule has 0 atom stereocenters. The van der Waals surface area contributed by atoms with Crippen LogP contribution in [-0.4, -0.2) is 32.1 Å². The largest absolute Gasteiger partial charge is 0.550 e. The van der Waals surface area contributed by atoms with Crippen molar-refractivity contribution in [2.24, 2.45) is 0 Å². The monoisotopic (exact) mass is 266 g/mol. The maximum atomic E-state index is 11.2. The number of carboxylic acid groups (broad SMARTS) is 1. The highest BCUT2D eigenvalue weighted by Crippen LogP contribution is 2.16. The van der Waals surface area contributed by atoms with E-state index < -0.39 is 5.97 Å². The van der Waals surface area contributed by atoms with Gasteiger partial charge in [0.05, 0.1) is 13.7 Å². The Morgan fingerprint density at radius 3 is 2.37 bits per heavy atom. The van der Waals surface area contributed by atoms with Gasteiger partial charge in [-0.3, -0.25) is 4.79 Å². The summed E-state index contributed by atoms with van der Waals surface area (Å²) in [5, 5.41) is 12.7. The van der Waals surface area contributed by atoms with Crippen molar-refractivity contribution in [2.75, 3.05) is 20.3 Å². The number of carboxylic acids is 1. The molecule has 0 radical (unpaired) electrons. The van der Waals surface area contributed by atoms with Crippen LogP contribution in [0, 0.1) is 0 Å². The van der Waals surface area contributed by atoms with Gasteiger partial charge in [-0.25, -0.2) is 0 Å². The number of ether oxygens (including phenoxy) is 2. The van der Waals surface area contributed by atoms with Crippen molar-refractivity contribution >= 4 is 11.9 Å². The zero-order chi connectivity index (χ0) is 14.1. The van der Waals surface area contributed by atoms with Crippen LogP contribution in [0.1, 0.15) is 12.8 Å². The molecular formula is C13H16NO5-. The van der Waals surface area contributed by atoms with Gasteiger partial charge in [0.25, 0.3) is 0 Å². The number of hydrogen-bond acceptors (Lipinski definition) is 5. The second kappa shape index (κ2) is 7.97. The molecule has 6 heteroatoms. The zero-order valence-electron chi connectivity index (χ0n) is 10.7. The van der Waals surface area contributed by atoms with Gasteiger partial charge in [0.2, 0.25) is 5.91 Å². The Balaban J connectivity index is 2.16. The number of nitrogens with one attached hydrogen (secondary N) is 1. The van der Waals surface area contributed by atoms with E-state index in [1.54, 1.807) is 31.4 Å². The van der Waals surface area contributed by atoms with Gasteiger partial charge in [0.1, 0.15) is 18.1 Å². The molecule has 0 saturated carbocycles. The van der Waals surface area contributed by atoms with Crippen molar-refractivity contribution in [3.05, 3.63) is 24.3 Å². The minimum atomic E-state index is -1.23. The molecule has 0 fully saturated rings. The van der Waals surface area contributed by atoms with Crippen LogP contribution in [-0.2, 0) is 9.59 Å². The lowest BCUT2D eigenvalue weighted by Crippen LogP contribution is -2.30. The average molecular weight is 266 g/mol. The van der Waals surface area contributed by atoms with Crippen LogP contribution in [0.15, 0.2) is 24.3 Å². The molecule has 0 aliphatic heterocycles. The lowest BCUT2D eigenvalue weighted by atomic mass is 10.3. The molecule has 0 aromatic heterocycles. The third kappa shape index (κ3) is 6.30. The predicted molar refractivity (Wildman–Crippen MR) is 65.7 cm³/mol. The summed E-state index contributed by atoms with van der Waals surface area (Å²) in [6, 6.07) is 7.06. The van der Waals surface area contributed by atoms with E-state index in [9.17, 15) is 14.7 Å². The van der Waals surface area contributed by atoms with Crippen LogP contribution in [0.3, 0.4) is 0 Å². The van der Waals surface area contributed by atoms with Crippen LogP contribution in [0.2, 0.25) is 0 Å². The van der Waals surface area contributed by atoms with E-state index in [4.69, 9.17) is 9.47 Å². The third-order valence-corrected chi connectivity index (χ3v) is 2.31. The molecule has 0 saturated heterocycles. The predicted octanol–water partition coefficient (Wildman–Crippen LogP) is -0.280. The second-order valence-electron chi connectivity index (χ2n) is 3.75. The highest BCUT2D eigenvalue weighted by Gasteiger charge is 2.01. The first-order valence-corrected chi connectivity index (χ1v) is 5.85. The van der Waals surface area contributed by atoms with E-state index in [2.05, 4.69) is 5.32 Å². The molecule has 104 valence electrons. The fourth-order valence-electron chi connectivity index (χ4n) is 1.34. The number of carbonyl (C=O) groups is 2. The SMILES string of the molecule is COc1ccc(OCCNC(=O)CCC(=O)[O-])cc1. The molecule has 0 aliphatic carbocycles. The molecule has 1 aromatic rings. The second-order valence-corrected chi connectivity index (χ2v) is 3.75. The van der Waals surface area contributed by atoms with E-state index in [0.717, 1.165) is 5.75 Å². The first-order chi connectivity index (χ1) is 9.11. The number of methoxy groups -OCH3 is 1. The fraction of sp³-hybridized carbons (Fsp3) is 0.385. The van der Waals surface area contributed by atoms with Crippen LogP contribution >= 0.6 is 0 Å². The van der Waals surface area contributed by atoms with Crippen molar-refractivity contribution in [1.82, 2.24) is 5.32 Å². The molecule has 0 bridgehead atoms. The molecule has 6 nitrogen and oxygen atoms in total. The van der Waals surface area contributed by atoms with Crippen molar-refractivity contribution < 1.29 is 24.2 Å². The van der Waals surface area contributed by atoms with Crippen LogP contribution < -0.4 is 19.9 Å². The van der Waals surface area contributed by atoms with E-state index in [-0.39, 0.29) is 18.7 Å². The summed E-state index contributed by atoms with van der Waals surface area (Å²) in [4.78, 5) is 21.3. The molecule has 1 N–H and O–H groups in total. The summed E-state index contributed by atoms with van der Waals surface area (Å²) < 4.78 is 10.4. The molecule has 1 rings (SSSR count). The van der Waals surface area contributed by atoms with Gasteiger partial charge in [-0.2, -0.15) is 0 Å². The minimum absolute atomic E-state index is 0.0785. The van der Waals surface area contributed by atoms with Gasteiger partial charge < -0.3 is 24.7 Å². The summed E-state index contributed by atoms with van der Waals surface area (Å²) in [5.41, 5.74) is 0. The normalized spacial score (nSPS) is 9.74. The van der Waals surface area contributed by atoms with Crippen molar-refractivity contribution in [1.29, 1.82) is 0 Å². The first kappa shape index (κ1) is 14.8. The van der Waals surface area contributed by atoms with Crippen molar-refractivity contribution in [3.63, 3.8) is 0 Å². The maximum Gasteiger partial charge on any atom is 0.220 e. The highest BCUT2D eigenvalue weighted by atomic mass is 16.5. The summed E-state index contributed by atoms with van der Waals surface area (Å²) in [6.45, 7) is 0.626. The van der Waals surface area contributed by atoms with Crippen LogP contribution in [0.4, 0.5) is 0 Å². The number of amides is 1. The zero-order valence-corrected chi connectivity index (χ0v) is 10.7. The topological polar surface area (TPSA) is 87.7 Å². The lowest BCUT2D eigenvalue weighted by Gasteiger charge is -2.08. The summed E-state index contributed by atoms with van der Waals surface area (Å²) in [6.07, 6.45) is -0.351. The molecule has 0 unspecified atom stereocenters. The lowest BCUT2D eigenvalue weighted by molar-refractivity contribution is -0.305. The van der Waals surface area contributed by atoms with Gasteiger partial charge in [0, 0.05) is 12.4 Å². The Kier molecular flexibility index (Phi) is 6.21. The Morgan fingerprint density at radius 1 is 1.16 bits per heavy atom. The Labute approximate surface area is 111 Å². The number of hydrogen-bond donors (Lipinski definition) is 1. The summed E-state index contributed by atoms with van der Waals surface area (Å²) in [7, 11) is 1.58. The molecule has 0 spiro atoms. The van der Waals surface area contributed by atoms with Crippen LogP contribution in [0.25, 0.3) is 0 Å². The molecule has 1 amide bonds. The van der Waals surface area contributed by atoms with Gasteiger partial charge in [0.15, 0.2) is 0 Å². The van der Waals surface area contributed by atoms with E-state index >= 15 is 0 Å². The van der Waals surface area contributed by atoms with Crippen LogP contribution in [0.5, 0.6) is 11.5 Å². The summed E-state index contributed by atoms with van der Waals surface area (Å²) >= 11 is 0. The number of aliphatic carboxylic acids is 1. The van der Waals surface area contributed by atoms with E-state index in [1.807, 2.05) is 0 Å². The van der Waals surface area contributed by atoms with Crippen molar-refractivity contribution in [2.45, 2.75) is 12.8 Å². The van der Waals surface area contributed by atoms with Gasteiger partial charge >= 0.3 is 0 Å². The standard InChI is InChI=1S/C13H17NO5/c1-18-10-2-4-11(5-3-10)19-9-8-14-12(15)6-7-13(16)17/h2-5H,6-9H2,1H3,(H,14,15)(H,16,17)/p-1. The first-order valence-electron chi connectivity index (χ1n) is 5.85. The third-order valence-electron chi connectivity index (χ3n) is 2.31. The molecular weight excluding hydrogens is 250 g/mol. The fourth-order valence-corrected chi connectivity index (χ4v) is 1.34. The van der Waals surface area contributed by atoms with E-state index in [0.29, 0.717) is 18.9 Å². The van der Waals surface area contributed by atoms with Gasteiger partial charge in [-0.15, -0.1) is 0 Å². The molecule has 0 aliphatic rings. The highest BCUT2D eigenvalue weighted by molar-refractivity contribution is 5.79. The number of benzene rings is 1. The Morgan fingerprint density at radius 2 is 1.79 bits per heavy atom. The molecule has 0 heterocycles. The number of rotatable bonds is 8. The number of carbonyl (C=O) groups excluding carboxylic acids is 2. The average Bonchev–Trinajstić information content (AvgIpc) is 2.42. The molecule has 1 aromatic carbocycles. The van der Waals surface area contributed by atoms with Gasteiger partial charge in [-0.05, 0) is 30.7 Å². The van der Waals surface area contributed by atoms with E-state index in [1.165, 1.54) is 0 Å². The van der Waals surface area contributed by atoms with Gasteiger partial charge in [-0.1, -0.05) is 0 Å². The smallest absolute Gasteiger partial charge is 0.220 e.